The maximum absolute atomic E-state index is 5.99. The molecule has 0 bridgehead atoms. The first kappa shape index (κ1) is 13.8. The number of hydrogen-bond donors (Lipinski definition) is 0. The Kier molecular flexibility index (Phi) is 3.99. The van der Waals surface area contributed by atoms with Crippen LogP contribution in [-0.4, -0.2) is 67.4 Å². The average molecular weight is 292 g/mol. The number of fused-ring (bicyclic) bond motifs is 1. The number of morpholine rings is 1. The van der Waals surface area contributed by atoms with Gasteiger partial charge in [-0.2, -0.15) is 0 Å². The van der Waals surface area contributed by atoms with Crippen molar-refractivity contribution in [3.05, 3.63) is 24.2 Å². The van der Waals surface area contributed by atoms with Crippen LogP contribution in [0.3, 0.4) is 0 Å². The van der Waals surface area contributed by atoms with E-state index in [2.05, 4.69) is 9.80 Å². The van der Waals surface area contributed by atoms with E-state index in [1.165, 1.54) is 12.8 Å². The third-order valence-electron chi connectivity index (χ3n) is 4.91. The van der Waals surface area contributed by atoms with E-state index in [0.717, 1.165) is 51.7 Å². The number of nitrogens with zero attached hydrogens (tertiary/aromatic N) is 2. The van der Waals surface area contributed by atoms with Gasteiger partial charge in [0.2, 0.25) is 0 Å². The molecule has 0 aliphatic carbocycles. The monoisotopic (exact) mass is 292 g/mol. The van der Waals surface area contributed by atoms with Gasteiger partial charge >= 0.3 is 0 Å². The number of rotatable bonds is 4. The van der Waals surface area contributed by atoms with Crippen molar-refractivity contribution in [2.45, 2.75) is 37.6 Å². The van der Waals surface area contributed by atoms with Crippen LogP contribution in [0.15, 0.2) is 22.8 Å². The normalized spacial score (nSPS) is 34.4. The van der Waals surface area contributed by atoms with Gasteiger partial charge in [-0.15, -0.1) is 0 Å². The molecule has 5 nitrogen and oxygen atoms in total. The van der Waals surface area contributed by atoms with Gasteiger partial charge in [0, 0.05) is 38.8 Å². The number of hydrogen-bond acceptors (Lipinski definition) is 5. The molecule has 1 aromatic heterocycles. The van der Waals surface area contributed by atoms with E-state index >= 15 is 0 Å². The van der Waals surface area contributed by atoms with Gasteiger partial charge < -0.3 is 13.9 Å². The number of ether oxygens (including phenoxy) is 2. The van der Waals surface area contributed by atoms with E-state index in [-0.39, 0.29) is 0 Å². The first-order valence-electron chi connectivity index (χ1n) is 8.10. The molecule has 3 fully saturated rings. The number of likely N-dealkylation sites (tertiary alicyclic amines) is 1. The summed E-state index contributed by atoms with van der Waals surface area (Å²) < 4.78 is 17.3. The summed E-state index contributed by atoms with van der Waals surface area (Å²) in [7, 11) is 0. The van der Waals surface area contributed by atoms with E-state index in [1.54, 1.807) is 6.26 Å². The Morgan fingerprint density at radius 1 is 1.19 bits per heavy atom. The van der Waals surface area contributed by atoms with E-state index in [0.29, 0.717) is 18.2 Å². The second-order valence-electron chi connectivity index (χ2n) is 6.38. The van der Waals surface area contributed by atoms with Crippen LogP contribution in [0.25, 0.3) is 0 Å². The van der Waals surface area contributed by atoms with E-state index in [9.17, 15) is 0 Å². The molecular formula is C16H24N2O3. The summed E-state index contributed by atoms with van der Waals surface area (Å²) in [5.41, 5.74) is 0. The molecule has 3 saturated heterocycles. The molecule has 3 aliphatic heterocycles. The molecule has 1 aromatic rings. The van der Waals surface area contributed by atoms with Gasteiger partial charge in [-0.3, -0.25) is 9.80 Å². The Hall–Kier alpha value is -0.880. The topological polar surface area (TPSA) is 38.1 Å². The highest BCUT2D eigenvalue weighted by atomic mass is 16.5. The van der Waals surface area contributed by atoms with Crippen molar-refractivity contribution < 1.29 is 13.9 Å². The van der Waals surface area contributed by atoms with Crippen molar-refractivity contribution in [1.82, 2.24) is 9.80 Å². The molecular weight excluding hydrogens is 268 g/mol. The van der Waals surface area contributed by atoms with Crippen molar-refractivity contribution in [2.75, 3.05) is 39.4 Å². The van der Waals surface area contributed by atoms with Crippen molar-refractivity contribution in [2.24, 2.45) is 0 Å². The quantitative estimate of drug-likeness (QED) is 0.837. The minimum atomic E-state index is 0.343. The van der Waals surface area contributed by atoms with Crippen LogP contribution in [-0.2, 0) is 16.0 Å². The summed E-state index contributed by atoms with van der Waals surface area (Å²) in [6.07, 6.45) is 4.95. The molecule has 0 radical (unpaired) electrons. The second-order valence-corrected chi connectivity index (χ2v) is 6.38. The van der Waals surface area contributed by atoms with Gasteiger partial charge in [-0.05, 0) is 25.0 Å². The summed E-state index contributed by atoms with van der Waals surface area (Å²) in [5, 5.41) is 0. The molecule has 21 heavy (non-hydrogen) atoms. The third kappa shape index (κ3) is 3.01. The van der Waals surface area contributed by atoms with Crippen LogP contribution in [0.5, 0.6) is 0 Å². The zero-order valence-corrected chi connectivity index (χ0v) is 12.4. The van der Waals surface area contributed by atoms with Crippen LogP contribution in [0, 0.1) is 0 Å². The molecule has 0 aromatic carbocycles. The van der Waals surface area contributed by atoms with Crippen LogP contribution >= 0.6 is 0 Å². The van der Waals surface area contributed by atoms with Crippen LogP contribution in [0.2, 0.25) is 0 Å². The van der Waals surface area contributed by atoms with Crippen molar-refractivity contribution in [3.8, 4) is 0 Å². The Morgan fingerprint density at radius 3 is 3.00 bits per heavy atom. The highest BCUT2D eigenvalue weighted by Gasteiger charge is 2.41. The molecule has 3 atom stereocenters. The Bertz CT molecular complexity index is 444. The fourth-order valence-electron chi connectivity index (χ4n) is 3.86. The summed E-state index contributed by atoms with van der Waals surface area (Å²) in [6.45, 7) is 6.85. The Balaban J connectivity index is 1.37. The second kappa shape index (κ2) is 6.08. The van der Waals surface area contributed by atoms with Gasteiger partial charge in [-0.1, -0.05) is 0 Å². The Morgan fingerprint density at radius 2 is 2.19 bits per heavy atom. The molecule has 3 aliphatic rings. The highest BCUT2D eigenvalue weighted by molar-refractivity contribution is 5.01. The molecule has 116 valence electrons. The molecule has 4 heterocycles. The SMILES string of the molecule is c1coc(CN2C[C@@H]3OCCN(C[C@H]4CCCO4)[C@@H]3C2)c1. The van der Waals surface area contributed by atoms with Gasteiger partial charge in [0.05, 0.1) is 31.6 Å². The van der Waals surface area contributed by atoms with E-state index in [4.69, 9.17) is 13.9 Å². The maximum Gasteiger partial charge on any atom is 0.117 e. The lowest BCUT2D eigenvalue weighted by molar-refractivity contribution is -0.0615. The van der Waals surface area contributed by atoms with Crippen LogP contribution in [0.4, 0.5) is 0 Å². The summed E-state index contributed by atoms with van der Waals surface area (Å²) in [6, 6.07) is 4.52. The van der Waals surface area contributed by atoms with Gasteiger partial charge in [0.25, 0.3) is 0 Å². The van der Waals surface area contributed by atoms with E-state index in [1.807, 2.05) is 12.1 Å². The van der Waals surface area contributed by atoms with Crippen molar-refractivity contribution >= 4 is 0 Å². The van der Waals surface area contributed by atoms with Gasteiger partial charge in [-0.25, -0.2) is 0 Å². The van der Waals surface area contributed by atoms with Crippen molar-refractivity contribution in [3.63, 3.8) is 0 Å². The van der Waals surface area contributed by atoms with Crippen LogP contribution < -0.4 is 0 Å². The summed E-state index contributed by atoms with van der Waals surface area (Å²) in [4.78, 5) is 5.04. The number of furan rings is 1. The van der Waals surface area contributed by atoms with Crippen LogP contribution in [0.1, 0.15) is 18.6 Å². The molecule has 0 N–H and O–H groups in total. The fraction of sp³-hybridized carbons (Fsp3) is 0.750. The first-order valence-corrected chi connectivity index (χ1v) is 8.10. The molecule has 0 amide bonds. The minimum Gasteiger partial charge on any atom is -0.468 e. The summed E-state index contributed by atoms with van der Waals surface area (Å²) >= 11 is 0. The highest BCUT2D eigenvalue weighted by Crippen LogP contribution is 2.26. The third-order valence-corrected chi connectivity index (χ3v) is 4.91. The lowest BCUT2D eigenvalue weighted by Crippen LogP contribution is -2.52. The average Bonchev–Trinajstić information content (AvgIpc) is 3.20. The standard InChI is InChI=1S/C16H24N2O3/c1-3-13(19-6-1)9-17-11-15-16(12-17)21-8-5-18(15)10-14-4-2-7-20-14/h1,3,6,14-16H,2,4-5,7-12H2/t14-,15-,16+/m1/s1. The zero-order valence-electron chi connectivity index (χ0n) is 12.4. The minimum absolute atomic E-state index is 0.343. The largest absolute Gasteiger partial charge is 0.468 e. The Labute approximate surface area is 125 Å². The predicted octanol–water partition coefficient (Wildman–Crippen LogP) is 1.34. The molecule has 0 unspecified atom stereocenters. The first-order chi connectivity index (χ1) is 10.4. The predicted molar refractivity (Wildman–Crippen MR) is 78.1 cm³/mol. The lowest BCUT2D eigenvalue weighted by Gasteiger charge is -2.38. The molecule has 0 saturated carbocycles. The molecule has 5 heteroatoms. The lowest BCUT2D eigenvalue weighted by atomic mass is 10.1. The van der Waals surface area contributed by atoms with E-state index < -0.39 is 0 Å². The van der Waals surface area contributed by atoms with Crippen molar-refractivity contribution in [1.29, 1.82) is 0 Å². The zero-order chi connectivity index (χ0) is 14.1. The fourth-order valence-corrected chi connectivity index (χ4v) is 3.86. The van der Waals surface area contributed by atoms with Gasteiger partial charge in [0.1, 0.15) is 5.76 Å². The molecule has 0 spiro atoms. The molecule has 4 rings (SSSR count). The smallest absolute Gasteiger partial charge is 0.117 e. The van der Waals surface area contributed by atoms with Gasteiger partial charge in [0.15, 0.2) is 0 Å². The summed E-state index contributed by atoms with van der Waals surface area (Å²) in [5.74, 6) is 1.04. The maximum atomic E-state index is 5.99.